The van der Waals surface area contributed by atoms with Crippen LogP contribution in [0.15, 0.2) is 0 Å². The fourth-order valence-corrected chi connectivity index (χ4v) is 2.42. The predicted octanol–water partition coefficient (Wildman–Crippen LogP) is 2.65. The second-order valence-corrected chi connectivity index (χ2v) is 5.27. The summed E-state index contributed by atoms with van der Waals surface area (Å²) in [5, 5.41) is 0. The molecule has 0 aliphatic heterocycles. The molecule has 12 heavy (non-hydrogen) atoms. The van der Waals surface area contributed by atoms with Crippen LogP contribution in [0, 0.1) is 23.2 Å². The van der Waals surface area contributed by atoms with Gasteiger partial charge in [0.15, 0.2) is 0 Å². The van der Waals surface area contributed by atoms with Gasteiger partial charge in [-0.2, -0.15) is 0 Å². The van der Waals surface area contributed by atoms with Crippen LogP contribution in [0.25, 0.3) is 0 Å². The minimum atomic E-state index is 0.419. The van der Waals surface area contributed by atoms with Crippen molar-refractivity contribution in [3.63, 3.8) is 0 Å². The van der Waals surface area contributed by atoms with E-state index in [1.807, 2.05) is 0 Å². The Hall–Kier alpha value is -0.0400. The van der Waals surface area contributed by atoms with Gasteiger partial charge in [0.25, 0.3) is 0 Å². The molecule has 1 rings (SSSR count). The Morgan fingerprint density at radius 3 is 2.17 bits per heavy atom. The van der Waals surface area contributed by atoms with Crippen LogP contribution in [0.3, 0.4) is 0 Å². The van der Waals surface area contributed by atoms with Gasteiger partial charge in [-0.25, -0.2) is 0 Å². The third kappa shape index (κ3) is 1.39. The number of hydrogen-bond acceptors (Lipinski definition) is 1. The Bertz CT molecular complexity index is 162. The van der Waals surface area contributed by atoms with Gasteiger partial charge in [-0.05, 0) is 29.6 Å². The first-order valence-electron chi connectivity index (χ1n) is 5.13. The highest BCUT2D eigenvalue weighted by atomic mass is 14.7. The molecule has 1 heteroatoms. The van der Waals surface area contributed by atoms with Gasteiger partial charge < -0.3 is 5.73 Å². The average molecular weight is 169 g/mol. The molecular formula is C11H23N. The second kappa shape index (κ2) is 3.02. The summed E-state index contributed by atoms with van der Waals surface area (Å²) < 4.78 is 0. The van der Waals surface area contributed by atoms with E-state index in [0.717, 1.165) is 11.8 Å². The SMILES string of the molecule is C[C@@H]1[C@@H](C)C(C)(C)[C@@H](C)C[C@@H]1N. The summed E-state index contributed by atoms with van der Waals surface area (Å²) in [5.74, 6) is 2.19. The summed E-state index contributed by atoms with van der Waals surface area (Å²) >= 11 is 0. The highest BCUT2D eigenvalue weighted by molar-refractivity contribution is 4.93. The lowest BCUT2D eigenvalue weighted by molar-refractivity contribution is 0.0263. The van der Waals surface area contributed by atoms with Crippen molar-refractivity contribution >= 4 is 0 Å². The van der Waals surface area contributed by atoms with Gasteiger partial charge in [0, 0.05) is 6.04 Å². The van der Waals surface area contributed by atoms with E-state index in [9.17, 15) is 0 Å². The van der Waals surface area contributed by atoms with E-state index >= 15 is 0 Å². The summed E-state index contributed by atoms with van der Waals surface area (Å²) in [6.07, 6.45) is 1.19. The molecule has 4 atom stereocenters. The molecule has 0 aromatic heterocycles. The van der Waals surface area contributed by atoms with E-state index in [2.05, 4.69) is 34.6 Å². The first kappa shape index (κ1) is 10.0. The zero-order valence-corrected chi connectivity index (χ0v) is 9.09. The zero-order chi connectivity index (χ0) is 9.52. The van der Waals surface area contributed by atoms with E-state index in [-0.39, 0.29) is 0 Å². The van der Waals surface area contributed by atoms with Crippen LogP contribution in [-0.4, -0.2) is 6.04 Å². The van der Waals surface area contributed by atoms with E-state index in [1.54, 1.807) is 0 Å². The Labute approximate surface area is 76.7 Å². The normalized spacial score (nSPS) is 47.5. The van der Waals surface area contributed by atoms with Crippen LogP contribution in [0.2, 0.25) is 0 Å². The van der Waals surface area contributed by atoms with Gasteiger partial charge in [-0.3, -0.25) is 0 Å². The third-order valence-corrected chi connectivity index (χ3v) is 4.53. The monoisotopic (exact) mass is 169 g/mol. The molecule has 1 saturated carbocycles. The highest BCUT2D eigenvalue weighted by Gasteiger charge is 2.42. The van der Waals surface area contributed by atoms with Crippen molar-refractivity contribution in [1.29, 1.82) is 0 Å². The molecule has 72 valence electrons. The Balaban J connectivity index is 2.80. The maximum atomic E-state index is 6.08. The standard InChI is InChI=1S/C11H23N/c1-7-6-10(12)8(2)9(3)11(7,4)5/h7-10H,6,12H2,1-5H3/t7-,8+,9+,10-/m0/s1. The smallest absolute Gasteiger partial charge is 0.00700 e. The van der Waals surface area contributed by atoms with Gasteiger partial charge >= 0.3 is 0 Å². The summed E-state index contributed by atoms with van der Waals surface area (Å²) in [7, 11) is 0. The molecule has 0 amide bonds. The zero-order valence-electron chi connectivity index (χ0n) is 9.09. The van der Waals surface area contributed by atoms with Crippen molar-refractivity contribution in [3.05, 3.63) is 0 Å². The van der Waals surface area contributed by atoms with Crippen molar-refractivity contribution in [1.82, 2.24) is 0 Å². The quantitative estimate of drug-likeness (QED) is 0.593. The number of rotatable bonds is 0. The molecule has 0 aromatic rings. The van der Waals surface area contributed by atoms with Gasteiger partial charge in [0.2, 0.25) is 0 Å². The molecule has 0 saturated heterocycles. The molecule has 1 aliphatic rings. The fraction of sp³-hybridized carbons (Fsp3) is 1.00. The molecule has 0 spiro atoms. The molecule has 1 nitrogen and oxygen atoms in total. The van der Waals surface area contributed by atoms with Crippen LogP contribution in [0.5, 0.6) is 0 Å². The molecule has 2 N–H and O–H groups in total. The lowest BCUT2D eigenvalue weighted by atomic mass is 9.58. The minimum absolute atomic E-state index is 0.419. The summed E-state index contributed by atoms with van der Waals surface area (Å²) in [4.78, 5) is 0. The highest BCUT2D eigenvalue weighted by Crippen LogP contribution is 2.46. The number of nitrogens with two attached hydrogens (primary N) is 1. The summed E-state index contributed by atoms with van der Waals surface area (Å²) in [5.41, 5.74) is 6.55. The van der Waals surface area contributed by atoms with E-state index in [0.29, 0.717) is 17.4 Å². The van der Waals surface area contributed by atoms with E-state index in [1.165, 1.54) is 6.42 Å². The molecule has 0 unspecified atom stereocenters. The second-order valence-electron chi connectivity index (χ2n) is 5.27. The van der Waals surface area contributed by atoms with Crippen LogP contribution < -0.4 is 5.73 Å². The summed E-state index contributed by atoms with van der Waals surface area (Å²) in [6, 6.07) is 0.419. The van der Waals surface area contributed by atoms with Crippen LogP contribution in [0.4, 0.5) is 0 Å². The molecule has 1 fully saturated rings. The van der Waals surface area contributed by atoms with Gasteiger partial charge in [0.05, 0.1) is 0 Å². The van der Waals surface area contributed by atoms with Crippen molar-refractivity contribution in [3.8, 4) is 0 Å². The van der Waals surface area contributed by atoms with Gasteiger partial charge in [-0.15, -0.1) is 0 Å². The molecule has 0 aromatic carbocycles. The lowest BCUT2D eigenvalue weighted by Gasteiger charge is -2.48. The number of hydrogen-bond donors (Lipinski definition) is 1. The average Bonchev–Trinajstić information content (AvgIpc) is 1.99. The van der Waals surface area contributed by atoms with Crippen molar-refractivity contribution in [2.75, 3.05) is 0 Å². The minimum Gasteiger partial charge on any atom is -0.327 e. The molecule has 0 radical (unpaired) electrons. The molecule has 1 aliphatic carbocycles. The predicted molar refractivity (Wildman–Crippen MR) is 53.9 cm³/mol. The first-order chi connectivity index (χ1) is 5.37. The Morgan fingerprint density at radius 1 is 1.17 bits per heavy atom. The first-order valence-corrected chi connectivity index (χ1v) is 5.13. The van der Waals surface area contributed by atoms with Crippen LogP contribution in [0.1, 0.15) is 41.0 Å². The van der Waals surface area contributed by atoms with Crippen molar-refractivity contribution in [2.45, 2.75) is 47.1 Å². The van der Waals surface area contributed by atoms with Crippen molar-refractivity contribution in [2.24, 2.45) is 28.9 Å². The van der Waals surface area contributed by atoms with Gasteiger partial charge in [-0.1, -0.05) is 34.6 Å². The largest absolute Gasteiger partial charge is 0.327 e. The maximum absolute atomic E-state index is 6.08. The molecular weight excluding hydrogens is 146 g/mol. The van der Waals surface area contributed by atoms with E-state index in [4.69, 9.17) is 5.73 Å². The summed E-state index contributed by atoms with van der Waals surface area (Å²) in [6.45, 7) is 11.7. The Kier molecular flexibility index (Phi) is 2.53. The van der Waals surface area contributed by atoms with E-state index < -0.39 is 0 Å². The maximum Gasteiger partial charge on any atom is 0.00700 e. The fourth-order valence-electron chi connectivity index (χ4n) is 2.42. The molecule has 0 bridgehead atoms. The Morgan fingerprint density at radius 2 is 1.67 bits per heavy atom. The third-order valence-electron chi connectivity index (χ3n) is 4.53. The van der Waals surface area contributed by atoms with Crippen LogP contribution in [-0.2, 0) is 0 Å². The van der Waals surface area contributed by atoms with Gasteiger partial charge in [0.1, 0.15) is 0 Å². The lowest BCUT2D eigenvalue weighted by Crippen LogP contribution is -2.48. The topological polar surface area (TPSA) is 26.0 Å². The molecule has 0 heterocycles. The van der Waals surface area contributed by atoms with Crippen LogP contribution >= 0.6 is 0 Å². The van der Waals surface area contributed by atoms with Crippen molar-refractivity contribution < 1.29 is 0 Å².